The molecule has 0 radical (unpaired) electrons. The molecule has 2 rings (SSSR count). The first kappa shape index (κ1) is 11.8. The maximum absolute atomic E-state index is 13.6. The third kappa shape index (κ3) is 1.95. The zero-order valence-electron chi connectivity index (χ0n) is 9.28. The number of anilines is 1. The molecule has 88 valence electrons. The first-order valence-corrected chi connectivity index (χ1v) is 6.23. The maximum atomic E-state index is 13.6. The van der Waals surface area contributed by atoms with Gasteiger partial charge in [0.25, 0.3) is 0 Å². The molecule has 0 fully saturated rings. The van der Waals surface area contributed by atoms with E-state index in [0.717, 1.165) is 6.42 Å². The molecule has 1 aliphatic rings. The zero-order valence-corrected chi connectivity index (χ0v) is 10.9. The average molecular weight is 290 g/mol. The van der Waals surface area contributed by atoms with Crippen LogP contribution < -0.4 is 5.32 Å². The van der Waals surface area contributed by atoms with E-state index >= 15 is 0 Å². The van der Waals surface area contributed by atoms with Crippen LogP contribution in [-0.2, 0) is 6.42 Å². The van der Waals surface area contributed by atoms with Gasteiger partial charge in [-0.05, 0) is 40.8 Å². The maximum Gasteiger partial charge on any atom is 0.164 e. The van der Waals surface area contributed by atoms with Crippen LogP contribution in [0.5, 0.6) is 0 Å². The van der Waals surface area contributed by atoms with Crippen molar-refractivity contribution in [2.45, 2.75) is 32.7 Å². The number of rotatable bonds is 1. The number of benzene rings is 1. The van der Waals surface area contributed by atoms with Gasteiger partial charge in [0.15, 0.2) is 11.6 Å². The first-order valence-electron chi connectivity index (χ1n) is 5.43. The van der Waals surface area contributed by atoms with E-state index in [1.165, 1.54) is 6.07 Å². The molecule has 1 heterocycles. The number of nitrogens with one attached hydrogen (secondary N) is 1. The Labute approximate surface area is 102 Å². The van der Waals surface area contributed by atoms with Crippen molar-refractivity contribution in [2.75, 3.05) is 5.32 Å². The van der Waals surface area contributed by atoms with Gasteiger partial charge in [0.2, 0.25) is 0 Å². The van der Waals surface area contributed by atoms with Gasteiger partial charge in [-0.1, -0.05) is 13.8 Å². The molecule has 0 amide bonds. The van der Waals surface area contributed by atoms with Crippen LogP contribution in [0, 0.1) is 17.6 Å². The second kappa shape index (κ2) is 4.32. The predicted molar refractivity (Wildman–Crippen MR) is 64.6 cm³/mol. The van der Waals surface area contributed by atoms with E-state index < -0.39 is 11.6 Å². The zero-order chi connectivity index (χ0) is 11.9. The lowest BCUT2D eigenvalue weighted by Gasteiger charge is -2.30. The molecule has 0 aliphatic carbocycles. The third-order valence-corrected chi connectivity index (χ3v) is 3.73. The van der Waals surface area contributed by atoms with E-state index in [0.29, 0.717) is 34.1 Å². The minimum absolute atomic E-state index is 0.327. The number of halogens is 3. The Morgan fingerprint density at radius 1 is 1.44 bits per heavy atom. The van der Waals surface area contributed by atoms with Gasteiger partial charge in [-0.15, -0.1) is 0 Å². The number of hydrogen-bond donors (Lipinski definition) is 1. The van der Waals surface area contributed by atoms with Crippen molar-refractivity contribution in [1.29, 1.82) is 0 Å². The van der Waals surface area contributed by atoms with E-state index in [9.17, 15) is 8.78 Å². The van der Waals surface area contributed by atoms with Crippen molar-refractivity contribution >= 4 is 21.6 Å². The molecule has 1 N–H and O–H groups in total. The summed E-state index contributed by atoms with van der Waals surface area (Å²) in [6.45, 7) is 4.24. The quantitative estimate of drug-likeness (QED) is 0.767. The van der Waals surface area contributed by atoms with Crippen LogP contribution in [0.2, 0.25) is 0 Å². The largest absolute Gasteiger partial charge is 0.381 e. The minimum Gasteiger partial charge on any atom is -0.381 e. The summed E-state index contributed by atoms with van der Waals surface area (Å²) in [4.78, 5) is 0. The second-order valence-corrected chi connectivity index (χ2v) is 5.40. The fourth-order valence-electron chi connectivity index (χ4n) is 2.09. The molecule has 0 saturated carbocycles. The fourth-order valence-corrected chi connectivity index (χ4v) is 2.65. The van der Waals surface area contributed by atoms with Gasteiger partial charge in [0.05, 0.1) is 5.69 Å². The minimum atomic E-state index is -0.782. The highest BCUT2D eigenvalue weighted by Gasteiger charge is 2.26. The van der Waals surface area contributed by atoms with E-state index in [1.54, 1.807) is 0 Å². The van der Waals surface area contributed by atoms with Crippen molar-refractivity contribution in [3.8, 4) is 0 Å². The summed E-state index contributed by atoms with van der Waals surface area (Å²) in [5, 5.41) is 3.28. The van der Waals surface area contributed by atoms with Crippen LogP contribution in [0.1, 0.15) is 25.8 Å². The molecule has 0 saturated heterocycles. The summed E-state index contributed by atoms with van der Waals surface area (Å²) in [5.41, 5.74) is 1.17. The molecule has 1 aromatic carbocycles. The van der Waals surface area contributed by atoms with Crippen LogP contribution in [-0.4, -0.2) is 6.04 Å². The monoisotopic (exact) mass is 289 g/mol. The molecule has 0 bridgehead atoms. The number of hydrogen-bond acceptors (Lipinski definition) is 1. The van der Waals surface area contributed by atoms with Crippen LogP contribution in [0.3, 0.4) is 0 Å². The molecule has 1 aliphatic heterocycles. The summed E-state index contributed by atoms with van der Waals surface area (Å²) < 4.78 is 27.3. The van der Waals surface area contributed by atoms with Crippen LogP contribution in [0.4, 0.5) is 14.5 Å². The molecule has 1 aromatic rings. The van der Waals surface area contributed by atoms with Gasteiger partial charge in [-0.25, -0.2) is 8.78 Å². The predicted octanol–water partition coefficient (Wildman–Crippen LogP) is 4.11. The van der Waals surface area contributed by atoms with Gasteiger partial charge in [-0.2, -0.15) is 0 Å². The van der Waals surface area contributed by atoms with Crippen LogP contribution in [0.15, 0.2) is 10.5 Å². The molecular formula is C12H14BrF2N. The highest BCUT2D eigenvalue weighted by atomic mass is 79.9. The van der Waals surface area contributed by atoms with E-state index in [4.69, 9.17) is 0 Å². The number of fused-ring (bicyclic) bond motifs is 1. The fraction of sp³-hybridized carbons (Fsp3) is 0.500. The Kier molecular flexibility index (Phi) is 3.19. The molecule has 16 heavy (non-hydrogen) atoms. The Morgan fingerprint density at radius 3 is 2.75 bits per heavy atom. The Morgan fingerprint density at radius 2 is 2.12 bits per heavy atom. The summed E-state index contributed by atoms with van der Waals surface area (Å²) in [5.74, 6) is -1.02. The molecule has 1 nitrogen and oxygen atoms in total. The molecule has 1 unspecified atom stereocenters. The van der Waals surface area contributed by atoms with Crippen molar-refractivity contribution in [1.82, 2.24) is 0 Å². The van der Waals surface area contributed by atoms with Crippen molar-refractivity contribution in [3.63, 3.8) is 0 Å². The normalized spacial score (nSPS) is 19.5. The molecule has 0 spiro atoms. The van der Waals surface area contributed by atoms with Crippen molar-refractivity contribution in [2.24, 2.45) is 5.92 Å². The van der Waals surface area contributed by atoms with E-state index in [2.05, 4.69) is 35.1 Å². The molecule has 4 heteroatoms. The van der Waals surface area contributed by atoms with E-state index in [-0.39, 0.29) is 0 Å². The molecule has 0 aromatic heterocycles. The van der Waals surface area contributed by atoms with Gasteiger partial charge >= 0.3 is 0 Å². The van der Waals surface area contributed by atoms with E-state index in [1.807, 2.05) is 0 Å². The Bertz CT molecular complexity index is 418. The summed E-state index contributed by atoms with van der Waals surface area (Å²) in [6.07, 6.45) is 1.44. The van der Waals surface area contributed by atoms with Gasteiger partial charge < -0.3 is 5.32 Å². The van der Waals surface area contributed by atoms with Crippen LogP contribution in [0.25, 0.3) is 0 Å². The highest BCUT2D eigenvalue weighted by molar-refractivity contribution is 9.10. The van der Waals surface area contributed by atoms with Crippen LogP contribution >= 0.6 is 15.9 Å². The summed E-state index contributed by atoms with van der Waals surface area (Å²) >= 11 is 3.27. The standard InChI is InChI=1S/C12H14BrF2N/c1-6(2)10-4-3-7-11(15)9(14)5-8(13)12(7)16-10/h5-6,10,16H,3-4H2,1-2H3. The Balaban J connectivity index is 2.43. The smallest absolute Gasteiger partial charge is 0.164 e. The lowest BCUT2D eigenvalue weighted by atomic mass is 9.91. The lowest BCUT2D eigenvalue weighted by molar-refractivity contribution is 0.457. The second-order valence-electron chi connectivity index (χ2n) is 4.54. The average Bonchev–Trinajstić information content (AvgIpc) is 2.25. The van der Waals surface area contributed by atoms with Crippen molar-refractivity contribution < 1.29 is 8.78 Å². The Hall–Kier alpha value is -0.640. The first-order chi connectivity index (χ1) is 7.50. The van der Waals surface area contributed by atoms with Gasteiger partial charge in [0.1, 0.15) is 0 Å². The highest BCUT2D eigenvalue weighted by Crippen LogP contribution is 2.36. The summed E-state index contributed by atoms with van der Waals surface area (Å²) in [6, 6.07) is 1.51. The molecular weight excluding hydrogens is 276 g/mol. The third-order valence-electron chi connectivity index (χ3n) is 3.11. The van der Waals surface area contributed by atoms with Gasteiger partial charge in [-0.3, -0.25) is 0 Å². The summed E-state index contributed by atoms with van der Waals surface area (Å²) in [7, 11) is 0. The lowest BCUT2D eigenvalue weighted by Crippen LogP contribution is -2.31. The molecule has 1 atom stereocenters. The van der Waals surface area contributed by atoms with Crippen molar-refractivity contribution in [3.05, 3.63) is 27.7 Å². The topological polar surface area (TPSA) is 12.0 Å². The SMILES string of the molecule is CC(C)C1CCc2c(F)c(F)cc(Br)c2N1. The van der Waals surface area contributed by atoms with Gasteiger partial charge in [0, 0.05) is 16.1 Å².